The number of para-hydroxylation sites is 1. The van der Waals surface area contributed by atoms with Crippen LogP contribution < -0.4 is 10.6 Å². The van der Waals surface area contributed by atoms with E-state index >= 15 is 0 Å². The van der Waals surface area contributed by atoms with Gasteiger partial charge in [-0.2, -0.15) is 0 Å². The molecule has 1 atom stereocenters. The highest BCUT2D eigenvalue weighted by atomic mass is 16.2. The molecule has 1 saturated heterocycles. The number of unbranched alkanes of at least 4 members (excludes halogenated alkanes) is 1. The molecule has 0 unspecified atom stereocenters. The minimum absolute atomic E-state index is 0.277. The summed E-state index contributed by atoms with van der Waals surface area (Å²) >= 11 is 0. The van der Waals surface area contributed by atoms with Gasteiger partial charge in [-0.05, 0) is 25.5 Å². The molecule has 6 heteroatoms. The van der Waals surface area contributed by atoms with Gasteiger partial charge in [-0.3, -0.25) is 14.5 Å². The van der Waals surface area contributed by atoms with E-state index in [9.17, 15) is 14.4 Å². The number of rotatable bonds is 6. The Morgan fingerprint density at radius 1 is 1.27 bits per heavy atom. The van der Waals surface area contributed by atoms with E-state index in [0.717, 1.165) is 17.7 Å². The summed E-state index contributed by atoms with van der Waals surface area (Å²) in [5, 5.41) is 5.36. The van der Waals surface area contributed by atoms with Gasteiger partial charge in [-0.25, -0.2) is 4.79 Å². The van der Waals surface area contributed by atoms with Crippen molar-refractivity contribution in [1.29, 1.82) is 0 Å². The largest absolute Gasteiger partial charge is 0.325 e. The monoisotopic (exact) mass is 303 g/mol. The highest BCUT2D eigenvalue weighted by Gasteiger charge is 2.47. The van der Waals surface area contributed by atoms with Gasteiger partial charge in [0.2, 0.25) is 5.91 Å². The fraction of sp³-hybridized carbons (Fsp3) is 0.438. The summed E-state index contributed by atoms with van der Waals surface area (Å²) in [5.74, 6) is -0.733. The van der Waals surface area contributed by atoms with Crippen LogP contribution in [0.1, 0.15) is 33.1 Å². The summed E-state index contributed by atoms with van der Waals surface area (Å²) in [6, 6.07) is 8.42. The molecular formula is C16H21N3O3. The second-order valence-corrected chi connectivity index (χ2v) is 5.67. The van der Waals surface area contributed by atoms with Gasteiger partial charge in [0, 0.05) is 5.69 Å². The van der Waals surface area contributed by atoms with Crippen molar-refractivity contribution in [2.75, 3.05) is 11.9 Å². The summed E-state index contributed by atoms with van der Waals surface area (Å²) in [6.45, 7) is 3.45. The third-order valence-corrected chi connectivity index (χ3v) is 3.73. The first-order valence-electron chi connectivity index (χ1n) is 7.45. The number of hydrogen-bond donors (Lipinski definition) is 2. The Morgan fingerprint density at radius 3 is 2.59 bits per heavy atom. The molecule has 1 heterocycles. The van der Waals surface area contributed by atoms with E-state index in [0.29, 0.717) is 12.1 Å². The smallest absolute Gasteiger partial charge is 0.325 e. The fourth-order valence-corrected chi connectivity index (χ4v) is 2.46. The van der Waals surface area contributed by atoms with Crippen molar-refractivity contribution in [3.8, 4) is 0 Å². The fourth-order valence-electron chi connectivity index (χ4n) is 2.46. The predicted octanol–water partition coefficient (Wildman–Crippen LogP) is 2.13. The van der Waals surface area contributed by atoms with E-state index in [-0.39, 0.29) is 12.5 Å². The number of anilines is 1. The van der Waals surface area contributed by atoms with Crippen molar-refractivity contribution in [1.82, 2.24) is 10.2 Å². The standard InChI is InChI=1S/C16H21N3O3/c1-3-4-10-16(2)14(21)19(15(22)18-16)11-13(20)17-12-8-6-5-7-9-12/h5-9H,3-4,10-11H2,1-2H3,(H,17,20)(H,18,22)/t16-/m1/s1. The number of imide groups is 1. The number of nitrogens with zero attached hydrogens (tertiary/aromatic N) is 1. The highest BCUT2D eigenvalue weighted by Crippen LogP contribution is 2.23. The van der Waals surface area contributed by atoms with Crippen molar-refractivity contribution < 1.29 is 14.4 Å². The van der Waals surface area contributed by atoms with Gasteiger partial charge in [0.15, 0.2) is 0 Å². The lowest BCUT2D eigenvalue weighted by Crippen LogP contribution is -2.44. The zero-order chi connectivity index (χ0) is 16.2. The van der Waals surface area contributed by atoms with E-state index < -0.39 is 17.5 Å². The van der Waals surface area contributed by atoms with Crippen molar-refractivity contribution in [3.05, 3.63) is 30.3 Å². The first-order chi connectivity index (χ1) is 10.5. The van der Waals surface area contributed by atoms with Crippen LogP contribution in [0.25, 0.3) is 0 Å². The molecule has 1 aromatic rings. The zero-order valence-corrected chi connectivity index (χ0v) is 12.9. The Morgan fingerprint density at radius 2 is 1.95 bits per heavy atom. The van der Waals surface area contributed by atoms with E-state index in [2.05, 4.69) is 10.6 Å². The molecule has 2 rings (SSSR count). The lowest BCUT2D eigenvalue weighted by atomic mass is 9.95. The van der Waals surface area contributed by atoms with E-state index in [1.165, 1.54) is 0 Å². The minimum atomic E-state index is -0.903. The number of hydrogen-bond acceptors (Lipinski definition) is 3. The molecule has 1 fully saturated rings. The molecule has 1 aliphatic heterocycles. The molecule has 4 amide bonds. The van der Waals surface area contributed by atoms with Gasteiger partial charge in [-0.1, -0.05) is 38.0 Å². The minimum Gasteiger partial charge on any atom is -0.325 e. The van der Waals surface area contributed by atoms with Crippen LogP contribution in [-0.2, 0) is 9.59 Å². The predicted molar refractivity (Wildman–Crippen MR) is 83.2 cm³/mol. The number of carbonyl (C=O) groups is 3. The molecule has 6 nitrogen and oxygen atoms in total. The molecule has 0 aromatic heterocycles. The molecule has 22 heavy (non-hydrogen) atoms. The van der Waals surface area contributed by atoms with Crippen LogP contribution in [0.3, 0.4) is 0 Å². The molecule has 1 aromatic carbocycles. The number of benzene rings is 1. The third kappa shape index (κ3) is 3.44. The van der Waals surface area contributed by atoms with Gasteiger partial charge < -0.3 is 10.6 Å². The van der Waals surface area contributed by atoms with Crippen molar-refractivity contribution in [2.45, 2.75) is 38.6 Å². The molecule has 0 radical (unpaired) electrons. The Labute approximate surface area is 129 Å². The van der Waals surface area contributed by atoms with Gasteiger partial charge in [0.1, 0.15) is 12.1 Å². The van der Waals surface area contributed by atoms with E-state index in [1.807, 2.05) is 13.0 Å². The molecule has 2 N–H and O–H groups in total. The highest BCUT2D eigenvalue weighted by molar-refractivity contribution is 6.09. The molecule has 0 aliphatic carbocycles. The summed E-state index contributed by atoms with van der Waals surface area (Å²) in [5.41, 5.74) is -0.270. The zero-order valence-electron chi connectivity index (χ0n) is 12.9. The first kappa shape index (κ1) is 16.0. The van der Waals surface area contributed by atoms with Crippen molar-refractivity contribution in [2.24, 2.45) is 0 Å². The summed E-state index contributed by atoms with van der Waals surface area (Å²) in [7, 11) is 0. The number of nitrogens with one attached hydrogen (secondary N) is 2. The average Bonchev–Trinajstić information content (AvgIpc) is 2.70. The first-order valence-corrected chi connectivity index (χ1v) is 7.45. The van der Waals surface area contributed by atoms with Crippen molar-refractivity contribution in [3.63, 3.8) is 0 Å². The number of amides is 4. The maximum Gasteiger partial charge on any atom is 0.325 e. The third-order valence-electron chi connectivity index (χ3n) is 3.73. The maximum absolute atomic E-state index is 12.4. The Kier molecular flexibility index (Phi) is 4.80. The average molecular weight is 303 g/mol. The van der Waals surface area contributed by atoms with Gasteiger partial charge in [0.25, 0.3) is 5.91 Å². The lowest BCUT2D eigenvalue weighted by Gasteiger charge is -2.21. The Balaban J connectivity index is 1.99. The molecule has 0 saturated carbocycles. The van der Waals surface area contributed by atoms with Crippen LogP contribution in [0.15, 0.2) is 30.3 Å². The van der Waals surface area contributed by atoms with Crippen LogP contribution in [0.2, 0.25) is 0 Å². The summed E-state index contributed by atoms with van der Waals surface area (Å²) in [4.78, 5) is 37.3. The summed E-state index contributed by atoms with van der Waals surface area (Å²) in [6.07, 6.45) is 2.35. The second-order valence-electron chi connectivity index (χ2n) is 5.67. The van der Waals surface area contributed by atoms with Gasteiger partial charge in [-0.15, -0.1) is 0 Å². The topological polar surface area (TPSA) is 78.5 Å². The number of urea groups is 1. The van der Waals surface area contributed by atoms with E-state index in [1.54, 1.807) is 31.2 Å². The molecule has 0 bridgehead atoms. The Hall–Kier alpha value is -2.37. The van der Waals surface area contributed by atoms with Crippen LogP contribution in [0.5, 0.6) is 0 Å². The molecule has 0 spiro atoms. The van der Waals surface area contributed by atoms with Crippen LogP contribution in [0, 0.1) is 0 Å². The SMILES string of the molecule is CCCC[C@@]1(C)NC(=O)N(CC(=O)Nc2ccccc2)C1=O. The molecular weight excluding hydrogens is 282 g/mol. The van der Waals surface area contributed by atoms with Crippen LogP contribution in [-0.4, -0.2) is 34.8 Å². The summed E-state index contributed by atoms with van der Waals surface area (Å²) < 4.78 is 0. The van der Waals surface area contributed by atoms with Gasteiger partial charge >= 0.3 is 6.03 Å². The van der Waals surface area contributed by atoms with Crippen LogP contribution >= 0.6 is 0 Å². The van der Waals surface area contributed by atoms with E-state index in [4.69, 9.17) is 0 Å². The van der Waals surface area contributed by atoms with Crippen molar-refractivity contribution >= 4 is 23.5 Å². The quantitative estimate of drug-likeness (QED) is 0.790. The van der Waals surface area contributed by atoms with Gasteiger partial charge in [0.05, 0.1) is 0 Å². The Bertz CT molecular complexity index is 573. The maximum atomic E-state index is 12.4. The normalized spacial score (nSPS) is 20.9. The number of carbonyl (C=O) groups excluding carboxylic acids is 3. The molecule has 1 aliphatic rings. The molecule has 118 valence electrons. The van der Waals surface area contributed by atoms with Crippen LogP contribution in [0.4, 0.5) is 10.5 Å². The second kappa shape index (κ2) is 6.60. The lowest BCUT2D eigenvalue weighted by molar-refractivity contribution is -0.133.